The van der Waals surface area contributed by atoms with Crippen LogP contribution in [0.1, 0.15) is 58.3 Å². The Bertz CT molecular complexity index is 215. The molecule has 1 heterocycles. The molecular weight excluding hydrogens is 208 g/mol. The highest BCUT2D eigenvalue weighted by molar-refractivity contribution is 4.87. The van der Waals surface area contributed by atoms with E-state index in [-0.39, 0.29) is 0 Å². The lowest BCUT2D eigenvalue weighted by Gasteiger charge is -2.45. The lowest BCUT2D eigenvalue weighted by molar-refractivity contribution is 0.0489. The van der Waals surface area contributed by atoms with E-state index in [2.05, 4.69) is 11.8 Å². The molecule has 0 radical (unpaired) electrons. The van der Waals surface area contributed by atoms with Gasteiger partial charge >= 0.3 is 0 Å². The van der Waals surface area contributed by atoms with Gasteiger partial charge in [-0.05, 0) is 63.5 Å². The second-order valence-electron chi connectivity index (χ2n) is 6.29. The van der Waals surface area contributed by atoms with E-state index >= 15 is 0 Å². The molecule has 2 N–H and O–H groups in total. The quantitative estimate of drug-likeness (QED) is 0.798. The lowest BCUT2D eigenvalue weighted by atomic mass is 9.78. The van der Waals surface area contributed by atoms with Crippen molar-refractivity contribution in [2.45, 2.75) is 64.3 Å². The van der Waals surface area contributed by atoms with Crippen molar-refractivity contribution < 1.29 is 0 Å². The highest BCUT2D eigenvalue weighted by Gasteiger charge is 2.33. The van der Waals surface area contributed by atoms with E-state index in [1.165, 1.54) is 64.5 Å². The summed E-state index contributed by atoms with van der Waals surface area (Å²) >= 11 is 0. The van der Waals surface area contributed by atoms with Crippen molar-refractivity contribution in [2.75, 3.05) is 19.6 Å². The molecule has 100 valence electrons. The van der Waals surface area contributed by atoms with Crippen LogP contribution >= 0.6 is 0 Å². The van der Waals surface area contributed by atoms with Crippen LogP contribution in [0.15, 0.2) is 0 Å². The van der Waals surface area contributed by atoms with E-state index in [9.17, 15) is 0 Å². The molecule has 2 rings (SSSR count). The first-order valence-corrected chi connectivity index (χ1v) is 7.75. The first-order valence-electron chi connectivity index (χ1n) is 7.75. The highest BCUT2D eigenvalue weighted by Crippen LogP contribution is 2.35. The van der Waals surface area contributed by atoms with Gasteiger partial charge in [0.05, 0.1) is 0 Å². The summed E-state index contributed by atoms with van der Waals surface area (Å²) in [5.41, 5.74) is 5.60. The molecule has 0 bridgehead atoms. The third-order valence-electron chi connectivity index (χ3n) is 4.81. The summed E-state index contributed by atoms with van der Waals surface area (Å²) in [6.45, 7) is 5.94. The van der Waals surface area contributed by atoms with Gasteiger partial charge in [0.15, 0.2) is 0 Å². The predicted octanol–water partition coefficient (Wildman–Crippen LogP) is 3.02. The molecule has 17 heavy (non-hydrogen) atoms. The summed E-state index contributed by atoms with van der Waals surface area (Å²) in [7, 11) is 0. The number of hydrogen-bond donors (Lipinski definition) is 1. The van der Waals surface area contributed by atoms with E-state index < -0.39 is 0 Å². The zero-order valence-electron chi connectivity index (χ0n) is 11.5. The minimum atomic E-state index is 0.833. The normalized spacial score (nSPS) is 32.1. The number of likely N-dealkylation sites (tertiary alicyclic amines) is 1. The van der Waals surface area contributed by atoms with Gasteiger partial charge < -0.3 is 5.73 Å². The van der Waals surface area contributed by atoms with Gasteiger partial charge in [-0.15, -0.1) is 0 Å². The number of fused-ring (bicyclic) bond motifs is 1. The Balaban J connectivity index is 1.81. The van der Waals surface area contributed by atoms with Gasteiger partial charge in [0.25, 0.3) is 0 Å². The van der Waals surface area contributed by atoms with Crippen molar-refractivity contribution in [3.63, 3.8) is 0 Å². The zero-order chi connectivity index (χ0) is 12.1. The Kier molecular flexibility index (Phi) is 5.30. The van der Waals surface area contributed by atoms with Crippen LogP contribution < -0.4 is 5.73 Å². The summed E-state index contributed by atoms with van der Waals surface area (Å²) in [4.78, 5) is 2.81. The Morgan fingerprint density at radius 3 is 2.76 bits per heavy atom. The van der Waals surface area contributed by atoms with Crippen molar-refractivity contribution in [1.29, 1.82) is 0 Å². The van der Waals surface area contributed by atoms with E-state index in [0.29, 0.717) is 0 Å². The molecule has 0 aromatic carbocycles. The smallest absolute Gasteiger partial charge is 0.0124 e. The third kappa shape index (κ3) is 3.69. The van der Waals surface area contributed by atoms with Crippen LogP contribution in [0, 0.1) is 11.8 Å². The Hall–Kier alpha value is -0.0800. The molecular formula is C15H30N2. The maximum Gasteiger partial charge on any atom is 0.0124 e. The van der Waals surface area contributed by atoms with Crippen molar-refractivity contribution >= 4 is 0 Å². The fourth-order valence-electron chi connectivity index (χ4n) is 3.91. The molecule has 2 nitrogen and oxygen atoms in total. The van der Waals surface area contributed by atoms with Crippen LogP contribution in [-0.4, -0.2) is 30.6 Å². The zero-order valence-corrected chi connectivity index (χ0v) is 11.5. The van der Waals surface area contributed by atoms with Gasteiger partial charge in [-0.1, -0.05) is 19.8 Å². The number of nitrogens with zero attached hydrogens (tertiary/aromatic N) is 1. The molecule has 0 amide bonds. The predicted molar refractivity (Wildman–Crippen MR) is 74.0 cm³/mol. The van der Waals surface area contributed by atoms with Gasteiger partial charge in [0.2, 0.25) is 0 Å². The van der Waals surface area contributed by atoms with Crippen LogP contribution in [0.25, 0.3) is 0 Å². The van der Waals surface area contributed by atoms with Crippen LogP contribution in [0.3, 0.4) is 0 Å². The van der Waals surface area contributed by atoms with Crippen LogP contribution in [0.2, 0.25) is 0 Å². The Morgan fingerprint density at radius 2 is 1.94 bits per heavy atom. The molecule has 1 saturated carbocycles. The summed E-state index contributed by atoms with van der Waals surface area (Å²) in [6, 6.07) is 0.929. The largest absolute Gasteiger partial charge is 0.330 e. The van der Waals surface area contributed by atoms with Crippen molar-refractivity contribution in [3.05, 3.63) is 0 Å². The van der Waals surface area contributed by atoms with Crippen molar-refractivity contribution in [2.24, 2.45) is 17.6 Å². The van der Waals surface area contributed by atoms with Crippen LogP contribution in [0.4, 0.5) is 0 Å². The third-order valence-corrected chi connectivity index (χ3v) is 4.81. The fraction of sp³-hybridized carbons (Fsp3) is 1.00. The van der Waals surface area contributed by atoms with Gasteiger partial charge in [-0.25, -0.2) is 0 Å². The second kappa shape index (κ2) is 6.75. The fourth-order valence-corrected chi connectivity index (χ4v) is 3.91. The van der Waals surface area contributed by atoms with Gasteiger partial charge in [-0.2, -0.15) is 0 Å². The average Bonchev–Trinajstić information content (AvgIpc) is 2.37. The summed E-state index contributed by atoms with van der Waals surface area (Å²) in [5.74, 6) is 1.86. The topological polar surface area (TPSA) is 29.3 Å². The standard InChI is InChI=1S/C15H30N2/c1-13(6-4-10-16)12-17-11-5-8-14-7-2-3-9-15(14)17/h13-15H,2-12,16H2,1H3/t13?,14-,15-/m1/s1. The number of nitrogens with two attached hydrogens (primary N) is 1. The minimum absolute atomic E-state index is 0.833. The molecule has 2 heteroatoms. The SMILES string of the molecule is CC(CCCN)CN1CCC[C@H]2CCCC[C@H]21. The Labute approximate surface area is 107 Å². The van der Waals surface area contributed by atoms with Crippen molar-refractivity contribution in [3.8, 4) is 0 Å². The molecule has 3 atom stereocenters. The monoisotopic (exact) mass is 238 g/mol. The average molecular weight is 238 g/mol. The van der Waals surface area contributed by atoms with Gasteiger partial charge in [0, 0.05) is 12.6 Å². The molecule has 0 aromatic heterocycles. The molecule has 0 aromatic rings. The molecule has 2 aliphatic rings. The number of hydrogen-bond acceptors (Lipinski definition) is 2. The van der Waals surface area contributed by atoms with E-state index in [1.807, 2.05) is 0 Å². The van der Waals surface area contributed by atoms with Gasteiger partial charge in [0.1, 0.15) is 0 Å². The summed E-state index contributed by atoms with van der Waals surface area (Å²) in [5, 5.41) is 0. The van der Waals surface area contributed by atoms with Crippen LogP contribution in [0.5, 0.6) is 0 Å². The summed E-state index contributed by atoms with van der Waals surface area (Å²) < 4.78 is 0. The van der Waals surface area contributed by atoms with E-state index in [4.69, 9.17) is 5.73 Å². The number of piperidine rings is 1. The Morgan fingerprint density at radius 1 is 1.18 bits per heavy atom. The van der Waals surface area contributed by atoms with Crippen molar-refractivity contribution in [1.82, 2.24) is 4.90 Å². The number of rotatable bonds is 5. The maximum atomic E-state index is 5.60. The first-order chi connectivity index (χ1) is 8.31. The maximum absolute atomic E-state index is 5.60. The first kappa shape index (κ1) is 13.4. The molecule has 1 unspecified atom stereocenters. The molecule has 2 fully saturated rings. The molecule has 1 aliphatic carbocycles. The molecule has 1 aliphatic heterocycles. The highest BCUT2D eigenvalue weighted by atomic mass is 15.2. The van der Waals surface area contributed by atoms with E-state index in [0.717, 1.165) is 24.4 Å². The second-order valence-corrected chi connectivity index (χ2v) is 6.29. The molecule has 1 saturated heterocycles. The lowest BCUT2D eigenvalue weighted by Crippen LogP contribution is -2.48. The molecule has 0 spiro atoms. The minimum Gasteiger partial charge on any atom is -0.330 e. The van der Waals surface area contributed by atoms with E-state index in [1.54, 1.807) is 0 Å². The van der Waals surface area contributed by atoms with Gasteiger partial charge in [-0.3, -0.25) is 4.90 Å². The van der Waals surface area contributed by atoms with Crippen LogP contribution in [-0.2, 0) is 0 Å². The summed E-state index contributed by atoms with van der Waals surface area (Å²) in [6.07, 6.45) is 11.4.